The van der Waals surface area contributed by atoms with Crippen molar-refractivity contribution in [2.75, 3.05) is 12.3 Å². The van der Waals surface area contributed by atoms with Crippen LogP contribution in [0.1, 0.15) is 11.5 Å². The molecule has 0 amide bonds. The molecule has 0 aromatic carbocycles. The number of nitrogens with zero attached hydrogens (tertiary/aromatic N) is 2. The van der Waals surface area contributed by atoms with Crippen molar-refractivity contribution >= 4 is 22.7 Å². The number of anilines is 1. The summed E-state index contributed by atoms with van der Waals surface area (Å²) in [7, 11) is 0. The van der Waals surface area contributed by atoms with Gasteiger partial charge in [0.1, 0.15) is 0 Å². The first kappa shape index (κ1) is 13.7. The second kappa shape index (κ2) is 5.97. The van der Waals surface area contributed by atoms with Gasteiger partial charge in [-0.2, -0.15) is 0 Å². The average molecular weight is 293 g/mol. The van der Waals surface area contributed by atoms with Gasteiger partial charge in [-0.3, -0.25) is 0 Å². The van der Waals surface area contributed by atoms with Gasteiger partial charge in [0.25, 0.3) is 0 Å². The van der Waals surface area contributed by atoms with E-state index in [-0.39, 0.29) is 0 Å². The third-order valence-electron chi connectivity index (χ3n) is 2.58. The number of rotatable bonds is 4. The van der Waals surface area contributed by atoms with Crippen molar-refractivity contribution in [3.8, 4) is 0 Å². The topological polar surface area (TPSA) is 91.0 Å². The molecule has 97 valence electrons. The van der Waals surface area contributed by atoms with Crippen LogP contribution in [0.3, 0.4) is 0 Å². The van der Waals surface area contributed by atoms with Crippen LogP contribution in [-0.4, -0.2) is 20.7 Å². The predicted octanol–water partition coefficient (Wildman–Crippen LogP) is -0.889. The molecule has 0 spiro atoms. The molecule has 6 heteroatoms. The number of hydrogen-bond donors (Lipinski definition) is 2. The summed E-state index contributed by atoms with van der Waals surface area (Å²) in [5.74, 6) is 2.02. The van der Waals surface area contributed by atoms with E-state index < -0.39 is 0 Å². The van der Waals surface area contributed by atoms with Gasteiger partial charge in [0, 0.05) is 0 Å². The normalized spacial score (nSPS) is 11.7. The summed E-state index contributed by atoms with van der Waals surface area (Å²) >= 11 is 2.45. The van der Waals surface area contributed by atoms with Gasteiger partial charge in [0.2, 0.25) is 0 Å². The molecular weight excluding hydrogens is 279 g/mol. The maximum atomic E-state index is 5.81. The van der Waals surface area contributed by atoms with Crippen molar-refractivity contribution in [1.29, 1.82) is 0 Å². The van der Waals surface area contributed by atoms with Gasteiger partial charge in [-0.1, -0.05) is 0 Å². The van der Waals surface area contributed by atoms with Gasteiger partial charge in [0.05, 0.1) is 0 Å². The third kappa shape index (κ3) is 3.20. The van der Waals surface area contributed by atoms with E-state index in [1.165, 1.54) is 6.33 Å². The first-order chi connectivity index (χ1) is 9.11. The van der Waals surface area contributed by atoms with E-state index in [0.717, 1.165) is 22.2 Å². The Hall–Kier alpha value is -1.69. The van der Waals surface area contributed by atoms with E-state index in [2.05, 4.69) is 33.5 Å². The molecule has 2 heterocycles. The van der Waals surface area contributed by atoms with Gasteiger partial charge in [-0.05, 0) is 0 Å². The van der Waals surface area contributed by atoms with E-state index in [4.69, 9.17) is 15.9 Å². The molecule has 0 aliphatic rings. The Bertz CT molecular complexity index is 708. The van der Waals surface area contributed by atoms with Gasteiger partial charge in [0.15, 0.2) is 0 Å². The molecule has 0 radical (unpaired) electrons. The third-order valence-corrected chi connectivity index (χ3v) is 3.13. The molecule has 5 nitrogen and oxygen atoms in total. The standard InChI is InChI=1S/C13H14N4O.V/c1-9-12(13(15)17-8-16-9)5-4-10-2-3-11(18-10)6-7-14;/h2-3,5,8H,1,6-7,14H2,(H2,15,16,17);/b12-5+;. The second-order valence-electron chi connectivity index (χ2n) is 3.95. The maximum absolute atomic E-state index is 5.81. The molecule has 0 saturated heterocycles. The van der Waals surface area contributed by atoms with Crippen molar-refractivity contribution in [2.24, 2.45) is 5.73 Å². The van der Waals surface area contributed by atoms with Crippen molar-refractivity contribution < 1.29 is 21.4 Å². The van der Waals surface area contributed by atoms with Gasteiger partial charge < -0.3 is 0 Å². The summed E-state index contributed by atoms with van der Waals surface area (Å²) in [4.78, 5) is 7.97. The molecule has 0 unspecified atom stereocenters. The fourth-order valence-electron chi connectivity index (χ4n) is 1.60. The van der Waals surface area contributed by atoms with Crippen molar-refractivity contribution in [3.05, 3.63) is 40.5 Å². The Morgan fingerprint density at radius 3 is 2.89 bits per heavy atom. The number of nitrogens with two attached hydrogens (primary N) is 2. The molecule has 0 bridgehead atoms. The van der Waals surface area contributed by atoms with Gasteiger partial charge >= 0.3 is 119 Å². The first-order valence-corrected chi connectivity index (χ1v) is 6.44. The molecule has 2 aromatic rings. The number of nitrogen functional groups attached to an aromatic ring is 1. The van der Waals surface area contributed by atoms with E-state index in [9.17, 15) is 0 Å². The SMILES string of the molecule is C=c1ncnc(N)/c1=C/[C](=[V])c1ccc(CCN)o1. The van der Waals surface area contributed by atoms with Crippen molar-refractivity contribution in [1.82, 2.24) is 9.97 Å². The Kier molecular flexibility index (Phi) is 4.32. The summed E-state index contributed by atoms with van der Waals surface area (Å²) < 4.78 is 6.55. The Labute approximate surface area is 119 Å². The van der Waals surface area contributed by atoms with Crippen LogP contribution >= 0.6 is 0 Å². The van der Waals surface area contributed by atoms with E-state index in [1.807, 2.05) is 18.2 Å². The number of aromatic nitrogens is 2. The molecule has 0 atom stereocenters. The number of hydrogen-bond acceptors (Lipinski definition) is 5. The van der Waals surface area contributed by atoms with Crippen LogP contribution in [0.4, 0.5) is 5.82 Å². The Morgan fingerprint density at radius 1 is 1.42 bits per heavy atom. The predicted molar refractivity (Wildman–Crippen MR) is 71.3 cm³/mol. The zero-order chi connectivity index (χ0) is 13.8. The minimum atomic E-state index is 0.400. The van der Waals surface area contributed by atoms with Crippen LogP contribution < -0.4 is 22.0 Å². The molecule has 0 saturated carbocycles. The molecule has 0 aliphatic carbocycles. The van der Waals surface area contributed by atoms with Crippen LogP contribution in [0, 0.1) is 0 Å². The van der Waals surface area contributed by atoms with Crippen LogP contribution in [-0.2, 0) is 23.4 Å². The summed E-state index contributed by atoms with van der Waals surface area (Å²) in [6, 6.07) is 3.82. The molecule has 19 heavy (non-hydrogen) atoms. The summed E-state index contributed by atoms with van der Waals surface area (Å²) in [6.45, 7) is 4.40. The number of furan rings is 1. The fraction of sp³-hybridized carbons (Fsp3) is 0.154. The van der Waals surface area contributed by atoms with Crippen molar-refractivity contribution in [2.45, 2.75) is 6.42 Å². The quantitative estimate of drug-likeness (QED) is 0.763. The Balaban J connectivity index is 2.37. The summed E-state index contributed by atoms with van der Waals surface area (Å²) in [6.07, 6.45) is 3.96. The van der Waals surface area contributed by atoms with Crippen LogP contribution in [0.15, 0.2) is 22.9 Å². The first-order valence-electron chi connectivity index (χ1n) is 5.74. The average Bonchev–Trinajstić information content (AvgIpc) is 2.83. The van der Waals surface area contributed by atoms with Gasteiger partial charge in [-0.15, -0.1) is 0 Å². The monoisotopic (exact) mass is 293 g/mol. The van der Waals surface area contributed by atoms with Crippen LogP contribution in [0.2, 0.25) is 0 Å². The van der Waals surface area contributed by atoms with E-state index in [0.29, 0.717) is 22.9 Å². The summed E-state index contributed by atoms with van der Waals surface area (Å²) in [5, 5.41) is 1.29. The second-order valence-corrected chi connectivity index (χ2v) is 4.71. The van der Waals surface area contributed by atoms with E-state index >= 15 is 0 Å². The van der Waals surface area contributed by atoms with Crippen LogP contribution in [0.25, 0.3) is 12.7 Å². The molecular formula is C13H14N4OV. The fourth-order valence-corrected chi connectivity index (χ4v) is 1.99. The minimum absolute atomic E-state index is 0.400. The molecule has 2 aromatic heterocycles. The van der Waals surface area contributed by atoms with E-state index in [1.54, 1.807) is 0 Å². The van der Waals surface area contributed by atoms with Crippen molar-refractivity contribution in [3.63, 3.8) is 0 Å². The Morgan fingerprint density at radius 2 is 2.21 bits per heavy atom. The molecule has 4 N–H and O–H groups in total. The molecule has 0 fully saturated rings. The zero-order valence-corrected chi connectivity index (χ0v) is 11.7. The van der Waals surface area contributed by atoms with Crippen LogP contribution in [0.5, 0.6) is 0 Å². The summed E-state index contributed by atoms with van der Waals surface area (Å²) in [5.41, 5.74) is 11.3. The van der Waals surface area contributed by atoms with Gasteiger partial charge in [-0.25, -0.2) is 0 Å². The molecule has 2 rings (SSSR count). The zero-order valence-electron chi connectivity index (χ0n) is 10.3. The molecule has 0 aliphatic heterocycles.